The number of carbonyl (C=O) groups excluding carboxylic acids is 1. The molecule has 2 aliphatic heterocycles. The SMILES string of the molecule is COc1cccc(CNC(COCc2ccccc2)C(=O)N[N+]2(S(C)(=O)=O)CC3(CCNCC3)c3ccccc32)c1. The molecule has 1 fully saturated rings. The second-order valence-corrected chi connectivity index (χ2v) is 13.0. The Morgan fingerprint density at radius 2 is 1.71 bits per heavy atom. The second kappa shape index (κ2) is 12.3. The molecule has 218 valence electrons. The van der Waals surface area contributed by atoms with Gasteiger partial charge in [0.2, 0.25) is 0 Å². The van der Waals surface area contributed by atoms with Crippen LogP contribution in [0.25, 0.3) is 0 Å². The number of nitrogens with zero attached hydrogens (tertiary/aromatic N) is 1. The summed E-state index contributed by atoms with van der Waals surface area (Å²) >= 11 is 0. The van der Waals surface area contributed by atoms with Gasteiger partial charge in [-0.2, -0.15) is 13.8 Å². The van der Waals surface area contributed by atoms with Gasteiger partial charge in [0.15, 0.2) is 5.69 Å². The lowest BCUT2D eigenvalue weighted by atomic mass is 9.75. The molecule has 41 heavy (non-hydrogen) atoms. The molecule has 3 aromatic carbocycles. The number of piperidine rings is 1. The summed E-state index contributed by atoms with van der Waals surface area (Å²) in [7, 11) is -2.21. The molecule has 5 rings (SSSR count). The van der Waals surface area contributed by atoms with Gasteiger partial charge in [0.25, 0.3) is 5.91 Å². The first-order valence-corrected chi connectivity index (χ1v) is 15.8. The van der Waals surface area contributed by atoms with Crippen LogP contribution in [-0.2, 0) is 38.1 Å². The molecular weight excluding hydrogens is 540 g/mol. The van der Waals surface area contributed by atoms with E-state index in [-0.39, 0.29) is 18.6 Å². The van der Waals surface area contributed by atoms with Crippen LogP contribution in [0.15, 0.2) is 78.9 Å². The van der Waals surface area contributed by atoms with E-state index in [0.29, 0.717) is 24.6 Å². The maximum absolute atomic E-state index is 14.0. The topological polar surface area (TPSA) is 106 Å². The van der Waals surface area contributed by atoms with Gasteiger partial charge >= 0.3 is 10.0 Å². The molecule has 9 nitrogen and oxygen atoms in total. The Labute approximate surface area is 242 Å². The maximum atomic E-state index is 14.0. The van der Waals surface area contributed by atoms with Gasteiger partial charge in [-0.25, -0.2) is 0 Å². The third kappa shape index (κ3) is 6.17. The van der Waals surface area contributed by atoms with E-state index in [1.165, 1.54) is 6.26 Å². The summed E-state index contributed by atoms with van der Waals surface area (Å²) in [6, 6.07) is 24.1. The maximum Gasteiger partial charge on any atom is 0.321 e. The molecule has 2 unspecified atom stereocenters. The lowest BCUT2D eigenvalue weighted by Crippen LogP contribution is -2.68. The van der Waals surface area contributed by atoms with E-state index in [4.69, 9.17) is 9.47 Å². The number of ether oxygens (including phenoxy) is 2. The van der Waals surface area contributed by atoms with Crippen molar-refractivity contribution in [2.24, 2.45) is 0 Å². The Hall–Kier alpha value is -3.28. The molecule has 0 radical (unpaired) electrons. The molecule has 2 aliphatic rings. The van der Waals surface area contributed by atoms with Crippen LogP contribution in [-0.4, -0.2) is 60.0 Å². The number of fused-ring (bicyclic) bond motifs is 2. The molecule has 0 aliphatic carbocycles. The van der Waals surface area contributed by atoms with Crippen LogP contribution in [0.1, 0.15) is 29.5 Å². The zero-order chi connectivity index (χ0) is 28.9. The number of hydrogen-bond acceptors (Lipinski definition) is 7. The summed E-state index contributed by atoms with van der Waals surface area (Å²) < 4.78 is 38.0. The van der Waals surface area contributed by atoms with E-state index in [9.17, 15) is 13.2 Å². The minimum absolute atomic E-state index is 0.0607. The third-order valence-corrected chi connectivity index (χ3v) is 9.76. The van der Waals surface area contributed by atoms with Gasteiger partial charge in [-0.3, -0.25) is 10.1 Å². The lowest BCUT2D eigenvalue weighted by molar-refractivity contribution is -0.127. The number of rotatable bonds is 11. The van der Waals surface area contributed by atoms with Crippen molar-refractivity contribution in [1.82, 2.24) is 20.1 Å². The minimum atomic E-state index is -3.82. The molecule has 1 amide bonds. The van der Waals surface area contributed by atoms with E-state index in [2.05, 4.69) is 16.1 Å². The van der Waals surface area contributed by atoms with Crippen molar-refractivity contribution in [3.63, 3.8) is 0 Å². The van der Waals surface area contributed by atoms with Crippen LogP contribution < -0.4 is 24.8 Å². The number of carbonyl (C=O) groups is 1. The molecule has 2 atom stereocenters. The zero-order valence-corrected chi connectivity index (χ0v) is 24.5. The summed E-state index contributed by atoms with van der Waals surface area (Å²) in [5.74, 6) is 0.278. The molecular formula is C31H39N4O5S+. The van der Waals surface area contributed by atoms with E-state index >= 15 is 0 Å². The predicted octanol–water partition coefficient (Wildman–Crippen LogP) is 3.00. The van der Waals surface area contributed by atoms with Crippen molar-refractivity contribution in [2.75, 3.05) is 39.6 Å². The number of hydrogen-bond donors (Lipinski definition) is 3. The van der Waals surface area contributed by atoms with Crippen LogP contribution in [0, 0.1) is 0 Å². The van der Waals surface area contributed by atoms with Crippen LogP contribution >= 0.6 is 0 Å². The average Bonchev–Trinajstić information content (AvgIpc) is 3.25. The second-order valence-electron chi connectivity index (χ2n) is 10.9. The van der Waals surface area contributed by atoms with E-state index in [0.717, 1.165) is 42.6 Å². The number of sulfonamides is 1. The van der Waals surface area contributed by atoms with E-state index in [1.54, 1.807) is 7.11 Å². The quantitative estimate of drug-likeness (QED) is 0.300. The molecule has 3 aromatic rings. The van der Waals surface area contributed by atoms with Crippen LogP contribution in [0.2, 0.25) is 0 Å². The smallest absolute Gasteiger partial charge is 0.321 e. The van der Waals surface area contributed by atoms with E-state index < -0.39 is 26.0 Å². The fourth-order valence-corrected chi connectivity index (χ4v) is 7.27. The predicted molar refractivity (Wildman–Crippen MR) is 160 cm³/mol. The van der Waals surface area contributed by atoms with Gasteiger partial charge in [-0.1, -0.05) is 64.7 Å². The standard InChI is InChI=1S/C31H38N4O5S/c1-39-26-12-8-11-25(19-26)20-33-28(22-40-21-24-9-4-3-5-10-24)30(36)34-35(41(2,37)38)23-31(15-17-32-18-16-31)27-13-6-7-14-29(27)35/h3-14,19,28,32-33H,15-18,20-23H2,1-2H3/p+1. The van der Waals surface area contributed by atoms with Crippen molar-refractivity contribution >= 4 is 21.6 Å². The Bertz CT molecular complexity index is 1460. The van der Waals surface area contributed by atoms with Gasteiger partial charge in [-0.05, 0) is 49.2 Å². The summed E-state index contributed by atoms with van der Waals surface area (Å²) in [5, 5.41) is 6.69. The highest BCUT2D eigenvalue weighted by Gasteiger charge is 2.60. The number of nitrogens with one attached hydrogen (secondary N) is 3. The van der Waals surface area contributed by atoms with Crippen molar-refractivity contribution in [1.29, 1.82) is 0 Å². The molecule has 0 bridgehead atoms. The summed E-state index contributed by atoms with van der Waals surface area (Å²) in [5.41, 5.74) is 6.17. The fraction of sp³-hybridized carbons (Fsp3) is 0.387. The average molecular weight is 580 g/mol. The van der Waals surface area contributed by atoms with Gasteiger partial charge in [0, 0.05) is 18.2 Å². The summed E-state index contributed by atoms with van der Waals surface area (Å²) in [4.78, 5) is 14.0. The third-order valence-electron chi connectivity index (χ3n) is 8.21. The molecule has 3 N–H and O–H groups in total. The summed E-state index contributed by atoms with van der Waals surface area (Å²) in [6.07, 6.45) is 2.80. The lowest BCUT2D eigenvalue weighted by Gasteiger charge is -2.36. The molecule has 1 spiro atoms. The number of para-hydroxylation sites is 1. The van der Waals surface area contributed by atoms with Crippen molar-refractivity contribution in [3.05, 3.63) is 95.6 Å². The zero-order valence-electron chi connectivity index (χ0n) is 23.6. The summed E-state index contributed by atoms with van der Waals surface area (Å²) in [6.45, 7) is 2.61. The van der Waals surface area contributed by atoms with Gasteiger partial charge in [0.05, 0.1) is 32.0 Å². The first kappa shape index (κ1) is 29.2. The van der Waals surface area contributed by atoms with Gasteiger partial charge in [-0.15, -0.1) is 0 Å². The molecule has 0 aromatic heterocycles. The Balaban J connectivity index is 1.42. The monoisotopic (exact) mass is 579 g/mol. The minimum Gasteiger partial charge on any atom is -0.497 e. The van der Waals surface area contributed by atoms with Crippen LogP contribution in [0.5, 0.6) is 5.75 Å². The first-order valence-electron chi connectivity index (χ1n) is 14.0. The Morgan fingerprint density at radius 3 is 2.44 bits per heavy atom. The van der Waals surface area contributed by atoms with Crippen molar-refractivity contribution in [3.8, 4) is 5.75 Å². The number of amides is 1. The highest BCUT2D eigenvalue weighted by Crippen LogP contribution is 2.50. The largest absolute Gasteiger partial charge is 0.497 e. The Kier molecular flexibility index (Phi) is 8.77. The molecule has 1 saturated heterocycles. The number of methoxy groups -OCH3 is 1. The highest BCUT2D eigenvalue weighted by atomic mass is 32.2. The molecule has 2 heterocycles. The van der Waals surface area contributed by atoms with Crippen LogP contribution in [0.3, 0.4) is 0 Å². The van der Waals surface area contributed by atoms with Crippen molar-refractivity contribution < 1.29 is 22.7 Å². The van der Waals surface area contributed by atoms with Crippen LogP contribution in [0.4, 0.5) is 5.69 Å². The first-order chi connectivity index (χ1) is 19.8. The molecule has 10 heteroatoms. The van der Waals surface area contributed by atoms with E-state index in [1.807, 2.05) is 78.9 Å². The number of quaternary nitrogens is 1. The fourth-order valence-electron chi connectivity index (χ4n) is 6.02. The molecule has 0 saturated carbocycles. The van der Waals surface area contributed by atoms with Gasteiger partial charge < -0.3 is 14.8 Å². The normalized spacial score (nSPS) is 20.3. The Morgan fingerprint density at radius 1 is 1.00 bits per heavy atom. The number of benzene rings is 3. The highest BCUT2D eigenvalue weighted by molar-refractivity contribution is 7.90. The van der Waals surface area contributed by atoms with Gasteiger partial charge in [0.1, 0.15) is 18.3 Å². The van der Waals surface area contributed by atoms with Crippen molar-refractivity contribution in [2.45, 2.75) is 37.5 Å².